The molecule has 2 unspecified atom stereocenters. The second-order valence-electron chi connectivity index (χ2n) is 5.78. The topological polar surface area (TPSA) is 86.7 Å². The predicted octanol–water partition coefficient (Wildman–Crippen LogP) is 2.30. The van der Waals surface area contributed by atoms with Crippen molar-refractivity contribution in [1.82, 2.24) is 10.2 Å². The number of anilines is 1. The van der Waals surface area contributed by atoms with Crippen LogP contribution in [0.2, 0.25) is 0 Å². The van der Waals surface area contributed by atoms with Crippen molar-refractivity contribution in [3.63, 3.8) is 0 Å². The molecule has 1 fully saturated rings. The molecule has 112 valence electrons. The van der Waals surface area contributed by atoms with E-state index < -0.39 is 0 Å². The van der Waals surface area contributed by atoms with Crippen molar-refractivity contribution in [3.8, 4) is 11.3 Å². The first-order chi connectivity index (χ1) is 10.3. The van der Waals surface area contributed by atoms with Gasteiger partial charge in [-0.1, -0.05) is 25.0 Å². The maximum Gasteiger partial charge on any atom is 0.264 e. The van der Waals surface area contributed by atoms with Crippen molar-refractivity contribution in [1.29, 1.82) is 0 Å². The Balaban J connectivity index is 1.70. The molecule has 0 spiro atoms. The van der Waals surface area contributed by atoms with E-state index in [2.05, 4.69) is 27.6 Å². The van der Waals surface area contributed by atoms with Crippen molar-refractivity contribution < 1.29 is 0 Å². The fourth-order valence-electron chi connectivity index (χ4n) is 3.13. The highest BCUT2D eigenvalue weighted by Crippen LogP contribution is 2.27. The summed E-state index contributed by atoms with van der Waals surface area (Å²) in [4.78, 5) is 11.2. The minimum absolute atomic E-state index is 0.111. The van der Waals surface area contributed by atoms with E-state index in [0.717, 1.165) is 23.5 Å². The van der Waals surface area contributed by atoms with Crippen LogP contribution < -0.4 is 16.6 Å². The quantitative estimate of drug-likeness (QED) is 0.695. The zero-order chi connectivity index (χ0) is 14.7. The number of hydrogen-bond acceptors (Lipinski definition) is 3. The highest BCUT2D eigenvalue weighted by molar-refractivity contribution is 5.62. The average Bonchev–Trinajstić information content (AvgIpc) is 2.95. The van der Waals surface area contributed by atoms with Crippen LogP contribution >= 0.6 is 0 Å². The first-order valence-corrected chi connectivity index (χ1v) is 7.61. The summed E-state index contributed by atoms with van der Waals surface area (Å²) in [6.45, 7) is 0.750. The molecular weight excluding hydrogens is 264 g/mol. The molecule has 1 aliphatic rings. The maximum atomic E-state index is 11.2. The summed E-state index contributed by atoms with van der Waals surface area (Å²) < 4.78 is 0. The molecule has 5 N–H and O–H groups in total. The molecule has 21 heavy (non-hydrogen) atoms. The van der Waals surface area contributed by atoms with Gasteiger partial charge in [0.15, 0.2) is 0 Å². The number of nitrogens with one attached hydrogen (secondary N) is 3. The third-order valence-electron chi connectivity index (χ3n) is 4.36. The van der Waals surface area contributed by atoms with Crippen molar-refractivity contribution in [2.75, 3.05) is 11.9 Å². The summed E-state index contributed by atoms with van der Waals surface area (Å²) >= 11 is 0. The number of H-pyrrole nitrogens is 2. The van der Waals surface area contributed by atoms with Crippen molar-refractivity contribution in [2.24, 2.45) is 11.7 Å². The third-order valence-corrected chi connectivity index (χ3v) is 4.36. The Morgan fingerprint density at radius 3 is 2.57 bits per heavy atom. The molecule has 1 saturated carbocycles. The Labute approximate surface area is 123 Å². The highest BCUT2D eigenvalue weighted by Gasteiger charge is 2.23. The van der Waals surface area contributed by atoms with Crippen molar-refractivity contribution in [3.05, 3.63) is 40.7 Å². The Morgan fingerprint density at radius 1 is 1.14 bits per heavy atom. The number of aromatic nitrogens is 2. The minimum Gasteiger partial charge on any atom is -0.382 e. The van der Waals surface area contributed by atoms with E-state index in [1.165, 1.54) is 25.7 Å². The zero-order valence-corrected chi connectivity index (χ0v) is 12.1. The second kappa shape index (κ2) is 6.18. The van der Waals surface area contributed by atoms with Gasteiger partial charge in [-0.25, -0.2) is 0 Å². The van der Waals surface area contributed by atoms with Crippen LogP contribution in [0.4, 0.5) is 5.69 Å². The molecule has 1 aromatic heterocycles. The maximum absolute atomic E-state index is 11.2. The van der Waals surface area contributed by atoms with Gasteiger partial charge in [-0.2, -0.15) is 0 Å². The molecule has 1 aromatic carbocycles. The minimum atomic E-state index is -0.111. The molecule has 1 aliphatic carbocycles. The molecule has 3 rings (SSSR count). The van der Waals surface area contributed by atoms with Gasteiger partial charge in [-0.05, 0) is 43.0 Å². The first kappa shape index (κ1) is 13.9. The van der Waals surface area contributed by atoms with Crippen LogP contribution in [0.25, 0.3) is 11.3 Å². The van der Waals surface area contributed by atoms with Gasteiger partial charge in [0.05, 0.1) is 5.69 Å². The van der Waals surface area contributed by atoms with Crippen LogP contribution in [0, 0.1) is 5.92 Å². The van der Waals surface area contributed by atoms with Crippen LogP contribution in [0.3, 0.4) is 0 Å². The number of aromatic amines is 2. The number of nitrogens with two attached hydrogens (primary N) is 1. The normalized spacial score (nSPS) is 22.1. The van der Waals surface area contributed by atoms with Crippen LogP contribution in [-0.2, 0) is 0 Å². The zero-order valence-electron chi connectivity index (χ0n) is 12.1. The van der Waals surface area contributed by atoms with Crippen LogP contribution in [0.5, 0.6) is 0 Å². The molecule has 0 saturated heterocycles. The average molecular weight is 286 g/mol. The van der Waals surface area contributed by atoms with Gasteiger partial charge < -0.3 is 11.1 Å². The van der Waals surface area contributed by atoms with Crippen LogP contribution in [-0.4, -0.2) is 22.8 Å². The summed E-state index contributed by atoms with van der Waals surface area (Å²) in [5.74, 6) is 0.569. The van der Waals surface area contributed by atoms with Gasteiger partial charge in [0.1, 0.15) is 0 Å². The predicted molar refractivity (Wildman–Crippen MR) is 85.3 cm³/mol. The van der Waals surface area contributed by atoms with E-state index >= 15 is 0 Å². The lowest BCUT2D eigenvalue weighted by Crippen LogP contribution is -2.36. The van der Waals surface area contributed by atoms with Crippen LogP contribution in [0.1, 0.15) is 25.7 Å². The van der Waals surface area contributed by atoms with Gasteiger partial charge in [0, 0.05) is 17.8 Å². The summed E-state index contributed by atoms with van der Waals surface area (Å²) in [5, 5.41) is 9.02. The standard InChI is InChI=1S/C16H22N4O/c17-10-12-3-1-2-4-14(12)18-13-7-5-11(6-8-13)15-9-16(21)20-19-15/h5-9,12,14,18H,1-4,10,17H2,(H2,19,20,21). The van der Waals surface area contributed by atoms with Crippen molar-refractivity contribution in [2.45, 2.75) is 31.7 Å². The van der Waals surface area contributed by atoms with E-state index in [1.54, 1.807) is 6.07 Å². The Kier molecular flexibility index (Phi) is 4.10. The van der Waals surface area contributed by atoms with Crippen molar-refractivity contribution >= 4 is 5.69 Å². The Hall–Kier alpha value is -2.01. The lowest BCUT2D eigenvalue weighted by molar-refractivity contribution is 0.332. The van der Waals surface area contributed by atoms with E-state index in [4.69, 9.17) is 5.73 Å². The Morgan fingerprint density at radius 2 is 1.90 bits per heavy atom. The summed E-state index contributed by atoms with van der Waals surface area (Å²) in [6.07, 6.45) is 4.97. The van der Waals surface area contributed by atoms with Gasteiger partial charge in [-0.15, -0.1) is 0 Å². The lowest BCUT2D eigenvalue weighted by atomic mass is 9.84. The number of rotatable bonds is 4. The fourth-order valence-corrected chi connectivity index (χ4v) is 3.13. The monoisotopic (exact) mass is 286 g/mol. The molecule has 2 atom stereocenters. The second-order valence-corrected chi connectivity index (χ2v) is 5.78. The van der Waals surface area contributed by atoms with Gasteiger partial charge >= 0.3 is 0 Å². The van der Waals surface area contributed by atoms with Gasteiger partial charge in [0.25, 0.3) is 5.56 Å². The van der Waals surface area contributed by atoms with Gasteiger partial charge in [0.2, 0.25) is 0 Å². The molecule has 1 heterocycles. The molecule has 5 heteroatoms. The molecule has 0 radical (unpaired) electrons. The fraction of sp³-hybridized carbons (Fsp3) is 0.438. The lowest BCUT2D eigenvalue weighted by Gasteiger charge is -2.32. The summed E-state index contributed by atoms with van der Waals surface area (Å²) in [7, 11) is 0. The van der Waals surface area contributed by atoms with E-state index in [-0.39, 0.29) is 5.56 Å². The molecule has 0 amide bonds. The third kappa shape index (κ3) is 3.19. The largest absolute Gasteiger partial charge is 0.382 e. The van der Waals surface area contributed by atoms with E-state index in [1.807, 2.05) is 12.1 Å². The smallest absolute Gasteiger partial charge is 0.264 e. The SMILES string of the molecule is NCC1CCCCC1Nc1ccc(-c2cc(=O)[nH][nH]2)cc1. The van der Waals surface area contributed by atoms with E-state index in [0.29, 0.717) is 12.0 Å². The highest BCUT2D eigenvalue weighted by atomic mass is 16.1. The summed E-state index contributed by atoms with van der Waals surface area (Å²) in [5.41, 5.74) is 8.68. The number of hydrogen-bond donors (Lipinski definition) is 4. The molecule has 0 bridgehead atoms. The number of benzene rings is 1. The molecule has 0 aliphatic heterocycles. The Bertz CT molecular complexity index is 628. The molecule has 2 aromatic rings. The summed E-state index contributed by atoms with van der Waals surface area (Å²) in [6, 6.07) is 10.2. The molecular formula is C16H22N4O. The van der Waals surface area contributed by atoms with E-state index in [9.17, 15) is 4.79 Å². The van der Waals surface area contributed by atoms with Crippen LogP contribution in [0.15, 0.2) is 35.1 Å². The van der Waals surface area contributed by atoms with Gasteiger partial charge in [-0.3, -0.25) is 15.0 Å². The first-order valence-electron chi connectivity index (χ1n) is 7.61. The molecule has 5 nitrogen and oxygen atoms in total.